The Labute approximate surface area is 95.0 Å². The first-order valence-corrected chi connectivity index (χ1v) is 6.85. The Hall–Kier alpha value is 1.92. The molecule has 0 amide bonds. The van der Waals surface area contributed by atoms with E-state index in [1.165, 1.54) is 12.8 Å². The van der Waals surface area contributed by atoms with Crippen LogP contribution in [0.3, 0.4) is 0 Å². The summed E-state index contributed by atoms with van der Waals surface area (Å²) in [5.41, 5.74) is 0. The first kappa shape index (κ1) is 10.0. The molecule has 1 aliphatic carbocycles. The van der Waals surface area contributed by atoms with Crippen molar-refractivity contribution in [3.8, 4) is 0 Å². The Morgan fingerprint density at radius 2 is 1.00 bits per heavy atom. The van der Waals surface area contributed by atoms with E-state index < -0.39 is 0 Å². The molecule has 0 aromatic rings. The molecule has 60 valence electrons. The first-order valence-electron chi connectivity index (χ1n) is 3.19. The van der Waals surface area contributed by atoms with E-state index in [0.717, 1.165) is 0 Å². The van der Waals surface area contributed by atoms with E-state index in [1.807, 2.05) is 0 Å². The number of alkyl halides is 4. The van der Waals surface area contributed by atoms with Gasteiger partial charge in [0, 0.05) is 19.3 Å². The normalized spacial score (nSPS) is 49.2. The summed E-state index contributed by atoms with van der Waals surface area (Å²) in [5.74, 6) is 0. The molecular formula is C6H8Br4. The Bertz CT molecular complexity index is 102. The fourth-order valence-electron chi connectivity index (χ4n) is 1.04. The second kappa shape index (κ2) is 4.24. The van der Waals surface area contributed by atoms with Gasteiger partial charge >= 0.3 is 0 Å². The van der Waals surface area contributed by atoms with Crippen molar-refractivity contribution in [1.29, 1.82) is 0 Å². The van der Waals surface area contributed by atoms with E-state index in [-0.39, 0.29) is 0 Å². The van der Waals surface area contributed by atoms with E-state index in [9.17, 15) is 0 Å². The second-order valence-electron chi connectivity index (χ2n) is 2.50. The molecule has 0 N–H and O–H groups in total. The van der Waals surface area contributed by atoms with Gasteiger partial charge in [0.2, 0.25) is 0 Å². The Balaban J connectivity index is 2.52. The molecule has 1 fully saturated rings. The Kier molecular flexibility index (Phi) is 4.24. The zero-order valence-corrected chi connectivity index (χ0v) is 11.6. The zero-order chi connectivity index (χ0) is 7.72. The van der Waals surface area contributed by atoms with Gasteiger partial charge in [-0.2, -0.15) is 0 Å². The molecule has 0 spiro atoms. The van der Waals surface area contributed by atoms with Gasteiger partial charge < -0.3 is 0 Å². The van der Waals surface area contributed by atoms with Gasteiger partial charge in [0.25, 0.3) is 0 Å². The highest BCUT2D eigenvalue weighted by Crippen LogP contribution is 2.37. The van der Waals surface area contributed by atoms with E-state index >= 15 is 0 Å². The second-order valence-corrected chi connectivity index (χ2v) is 6.97. The van der Waals surface area contributed by atoms with Crippen molar-refractivity contribution >= 4 is 63.7 Å². The quantitative estimate of drug-likeness (QED) is 0.543. The summed E-state index contributed by atoms with van der Waals surface area (Å²) >= 11 is 14.5. The maximum absolute atomic E-state index is 3.64. The molecule has 0 radical (unpaired) electrons. The summed E-state index contributed by atoms with van der Waals surface area (Å²) in [4.78, 5) is 2.33. The molecule has 0 aromatic carbocycles. The summed E-state index contributed by atoms with van der Waals surface area (Å²) in [7, 11) is 0. The SMILES string of the molecule is Br[C@H]1[C@H](Br)[C@@H](Br)CC[C@@H]1Br. The lowest BCUT2D eigenvalue weighted by Crippen LogP contribution is -2.36. The van der Waals surface area contributed by atoms with Crippen LogP contribution in [0.4, 0.5) is 0 Å². The highest BCUT2D eigenvalue weighted by molar-refractivity contribution is 9.14. The van der Waals surface area contributed by atoms with Crippen LogP contribution in [-0.2, 0) is 0 Å². The van der Waals surface area contributed by atoms with E-state index in [0.29, 0.717) is 19.3 Å². The Morgan fingerprint density at radius 3 is 1.30 bits per heavy atom. The standard InChI is InChI=1S/C6H8Br4/c7-3-1-2-4(8)6(10)5(3)9/h3-6H,1-2H2/t3-,4-,5+,6+/m0/s1. The number of hydrogen-bond acceptors (Lipinski definition) is 0. The van der Waals surface area contributed by atoms with Gasteiger partial charge in [-0.25, -0.2) is 0 Å². The lowest BCUT2D eigenvalue weighted by atomic mass is 10.0. The van der Waals surface area contributed by atoms with Gasteiger partial charge in [0.05, 0.1) is 0 Å². The third-order valence-corrected chi connectivity index (χ3v) is 8.31. The van der Waals surface area contributed by atoms with Gasteiger partial charge in [0.1, 0.15) is 0 Å². The molecule has 1 saturated carbocycles. The minimum absolute atomic E-state index is 0.547. The number of halogens is 4. The molecule has 0 bridgehead atoms. The van der Waals surface area contributed by atoms with Crippen molar-refractivity contribution in [1.82, 2.24) is 0 Å². The molecule has 0 aromatic heterocycles. The molecule has 0 heterocycles. The molecule has 1 aliphatic rings. The monoisotopic (exact) mass is 396 g/mol. The summed E-state index contributed by atoms with van der Waals surface area (Å²) in [5, 5.41) is 0. The van der Waals surface area contributed by atoms with Crippen LogP contribution in [0.15, 0.2) is 0 Å². The summed E-state index contributed by atoms with van der Waals surface area (Å²) in [6.45, 7) is 0. The van der Waals surface area contributed by atoms with Gasteiger partial charge in [-0.05, 0) is 12.8 Å². The van der Waals surface area contributed by atoms with Crippen molar-refractivity contribution in [2.75, 3.05) is 0 Å². The minimum atomic E-state index is 0.547. The molecular weight excluding hydrogens is 392 g/mol. The summed E-state index contributed by atoms with van der Waals surface area (Å²) < 4.78 is 0. The third kappa shape index (κ3) is 2.20. The fraction of sp³-hybridized carbons (Fsp3) is 1.00. The average Bonchev–Trinajstić information content (AvgIpc) is 1.93. The predicted octanol–water partition coefficient (Wildman–Crippen LogP) is 3.83. The van der Waals surface area contributed by atoms with Gasteiger partial charge in [-0.3, -0.25) is 0 Å². The average molecular weight is 400 g/mol. The van der Waals surface area contributed by atoms with Crippen molar-refractivity contribution in [3.05, 3.63) is 0 Å². The lowest BCUT2D eigenvalue weighted by Gasteiger charge is -2.31. The largest absolute Gasteiger partial charge is 0.0878 e. The van der Waals surface area contributed by atoms with Crippen LogP contribution in [0.5, 0.6) is 0 Å². The highest BCUT2D eigenvalue weighted by Gasteiger charge is 2.33. The van der Waals surface area contributed by atoms with Gasteiger partial charge in [-0.1, -0.05) is 63.7 Å². The van der Waals surface area contributed by atoms with Crippen LogP contribution in [0.1, 0.15) is 12.8 Å². The zero-order valence-electron chi connectivity index (χ0n) is 5.24. The van der Waals surface area contributed by atoms with Gasteiger partial charge in [0.15, 0.2) is 0 Å². The molecule has 10 heavy (non-hydrogen) atoms. The lowest BCUT2D eigenvalue weighted by molar-refractivity contribution is 0.574. The maximum Gasteiger partial charge on any atom is 0.0407 e. The van der Waals surface area contributed by atoms with E-state index in [1.54, 1.807) is 0 Å². The van der Waals surface area contributed by atoms with Crippen molar-refractivity contribution < 1.29 is 0 Å². The summed E-state index contributed by atoms with van der Waals surface area (Å²) in [6, 6.07) is 0. The topological polar surface area (TPSA) is 0 Å². The van der Waals surface area contributed by atoms with Crippen LogP contribution in [0, 0.1) is 0 Å². The van der Waals surface area contributed by atoms with E-state index in [2.05, 4.69) is 63.7 Å². The van der Waals surface area contributed by atoms with Crippen molar-refractivity contribution in [3.63, 3.8) is 0 Å². The molecule has 0 aliphatic heterocycles. The minimum Gasteiger partial charge on any atom is -0.0878 e. The fourth-order valence-corrected chi connectivity index (χ4v) is 4.31. The third-order valence-electron chi connectivity index (χ3n) is 1.71. The molecule has 0 saturated heterocycles. The van der Waals surface area contributed by atoms with Gasteiger partial charge in [-0.15, -0.1) is 0 Å². The predicted molar refractivity (Wildman–Crippen MR) is 60.1 cm³/mol. The highest BCUT2D eigenvalue weighted by atomic mass is 79.9. The van der Waals surface area contributed by atoms with Crippen LogP contribution >= 0.6 is 63.7 Å². The molecule has 1 rings (SSSR count). The number of hydrogen-bond donors (Lipinski definition) is 0. The van der Waals surface area contributed by atoms with Crippen LogP contribution in [0.2, 0.25) is 0 Å². The molecule has 4 atom stereocenters. The number of rotatable bonds is 0. The smallest absolute Gasteiger partial charge is 0.0407 e. The van der Waals surface area contributed by atoms with Crippen molar-refractivity contribution in [2.45, 2.75) is 32.2 Å². The maximum atomic E-state index is 3.64. The summed E-state index contributed by atoms with van der Waals surface area (Å²) in [6.07, 6.45) is 2.49. The molecule has 4 heteroatoms. The molecule has 0 nitrogen and oxygen atoms in total. The van der Waals surface area contributed by atoms with Crippen LogP contribution < -0.4 is 0 Å². The molecule has 0 unspecified atom stereocenters. The van der Waals surface area contributed by atoms with E-state index in [4.69, 9.17) is 0 Å². The Morgan fingerprint density at radius 1 is 0.700 bits per heavy atom. The first-order chi connectivity index (χ1) is 4.63. The van der Waals surface area contributed by atoms with Crippen LogP contribution in [-0.4, -0.2) is 19.3 Å². The van der Waals surface area contributed by atoms with Crippen molar-refractivity contribution in [2.24, 2.45) is 0 Å². The van der Waals surface area contributed by atoms with Crippen LogP contribution in [0.25, 0.3) is 0 Å².